The van der Waals surface area contributed by atoms with E-state index in [2.05, 4.69) is 18.7 Å². The molecule has 1 aliphatic rings. The molecule has 0 amide bonds. The van der Waals surface area contributed by atoms with Crippen LogP contribution in [0.1, 0.15) is 33.1 Å². The summed E-state index contributed by atoms with van der Waals surface area (Å²) in [5, 5.41) is 0. The van der Waals surface area contributed by atoms with Crippen LogP contribution in [-0.2, 0) is 9.53 Å². The number of nitrogens with zero attached hydrogens (tertiary/aromatic N) is 1. The quantitative estimate of drug-likeness (QED) is 0.645. The van der Waals surface area contributed by atoms with Gasteiger partial charge in [0.1, 0.15) is 0 Å². The lowest BCUT2D eigenvalue weighted by molar-refractivity contribution is -0.124. The van der Waals surface area contributed by atoms with E-state index < -0.39 is 0 Å². The van der Waals surface area contributed by atoms with Gasteiger partial charge in [0, 0.05) is 12.5 Å². The van der Waals surface area contributed by atoms with E-state index in [1.807, 2.05) is 0 Å². The molecule has 3 heteroatoms. The molecule has 0 spiro atoms. The van der Waals surface area contributed by atoms with Crippen molar-refractivity contribution in [1.82, 2.24) is 4.90 Å². The van der Waals surface area contributed by atoms with Crippen LogP contribution < -0.4 is 0 Å². The molecule has 0 saturated carbocycles. The minimum absolute atomic E-state index is 0.167. The highest BCUT2D eigenvalue weighted by molar-refractivity contribution is 5.83. The van der Waals surface area contributed by atoms with E-state index in [9.17, 15) is 4.79 Å². The third-order valence-corrected chi connectivity index (χ3v) is 3.04. The maximum absolute atomic E-state index is 11.9. The highest BCUT2D eigenvalue weighted by Gasteiger charge is 2.24. The molecule has 1 saturated heterocycles. The molecule has 1 atom stereocenters. The van der Waals surface area contributed by atoms with Crippen molar-refractivity contribution in [2.24, 2.45) is 5.92 Å². The number of carbonyl (C=O) groups is 1. The summed E-state index contributed by atoms with van der Waals surface area (Å²) in [4.78, 5) is 14.1. The van der Waals surface area contributed by atoms with Crippen molar-refractivity contribution >= 4 is 5.78 Å². The number of ketones is 1. The summed E-state index contributed by atoms with van der Waals surface area (Å²) in [6, 6.07) is 0. The SMILES string of the molecule is CCCCN(CC)CC(=O)C1CCOC1. The second-order valence-corrected chi connectivity index (χ2v) is 4.25. The number of Topliss-reactive ketones (excluding diaryl/α,β-unsaturated/α-hetero) is 1. The van der Waals surface area contributed by atoms with Gasteiger partial charge in [-0.05, 0) is 25.9 Å². The molecule has 1 rings (SSSR count). The van der Waals surface area contributed by atoms with Crippen LogP contribution in [0.4, 0.5) is 0 Å². The van der Waals surface area contributed by atoms with Gasteiger partial charge in [0.2, 0.25) is 0 Å². The maximum Gasteiger partial charge on any atom is 0.152 e. The fraction of sp³-hybridized carbons (Fsp3) is 0.917. The number of rotatable bonds is 7. The van der Waals surface area contributed by atoms with Crippen molar-refractivity contribution in [3.63, 3.8) is 0 Å². The number of unbranched alkanes of at least 4 members (excludes halogenated alkanes) is 1. The molecule has 1 unspecified atom stereocenters. The van der Waals surface area contributed by atoms with Gasteiger partial charge >= 0.3 is 0 Å². The Bertz CT molecular complexity index is 188. The molecule has 0 aromatic rings. The van der Waals surface area contributed by atoms with Gasteiger partial charge in [0.25, 0.3) is 0 Å². The third-order valence-electron chi connectivity index (χ3n) is 3.04. The Morgan fingerprint density at radius 3 is 2.80 bits per heavy atom. The molecule has 0 aliphatic carbocycles. The zero-order valence-corrected chi connectivity index (χ0v) is 10.00. The number of ether oxygens (including phenoxy) is 1. The number of hydrogen-bond donors (Lipinski definition) is 0. The van der Waals surface area contributed by atoms with Crippen LogP contribution in [0.2, 0.25) is 0 Å². The van der Waals surface area contributed by atoms with Crippen LogP contribution in [0, 0.1) is 5.92 Å². The van der Waals surface area contributed by atoms with Gasteiger partial charge in [-0.3, -0.25) is 9.69 Å². The first kappa shape index (κ1) is 12.7. The zero-order valence-electron chi connectivity index (χ0n) is 10.00. The molecule has 88 valence electrons. The zero-order chi connectivity index (χ0) is 11.1. The second kappa shape index (κ2) is 6.96. The van der Waals surface area contributed by atoms with Crippen molar-refractivity contribution < 1.29 is 9.53 Å². The third kappa shape index (κ3) is 4.31. The van der Waals surface area contributed by atoms with Gasteiger partial charge in [-0.25, -0.2) is 0 Å². The second-order valence-electron chi connectivity index (χ2n) is 4.25. The Balaban J connectivity index is 2.26. The van der Waals surface area contributed by atoms with Crippen LogP contribution in [0.3, 0.4) is 0 Å². The monoisotopic (exact) mass is 213 g/mol. The standard InChI is InChI=1S/C12H23NO2/c1-3-5-7-13(4-2)9-12(14)11-6-8-15-10-11/h11H,3-10H2,1-2H3. The topological polar surface area (TPSA) is 29.5 Å². The van der Waals surface area contributed by atoms with E-state index >= 15 is 0 Å². The smallest absolute Gasteiger partial charge is 0.152 e. The summed E-state index contributed by atoms with van der Waals surface area (Å²) in [7, 11) is 0. The molecule has 0 radical (unpaired) electrons. The van der Waals surface area contributed by atoms with E-state index in [1.165, 1.54) is 12.8 Å². The maximum atomic E-state index is 11.9. The van der Waals surface area contributed by atoms with E-state index in [0.29, 0.717) is 18.9 Å². The van der Waals surface area contributed by atoms with E-state index in [-0.39, 0.29) is 5.92 Å². The van der Waals surface area contributed by atoms with Crippen molar-refractivity contribution in [3.05, 3.63) is 0 Å². The predicted molar refractivity (Wildman–Crippen MR) is 61.0 cm³/mol. The van der Waals surface area contributed by atoms with Crippen molar-refractivity contribution in [2.75, 3.05) is 32.8 Å². The largest absolute Gasteiger partial charge is 0.381 e. The lowest BCUT2D eigenvalue weighted by Crippen LogP contribution is -2.34. The Morgan fingerprint density at radius 1 is 1.47 bits per heavy atom. The lowest BCUT2D eigenvalue weighted by Gasteiger charge is -2.20. The summed E-state index contributed by atoms with van der Waals surface area (Å²) >= 11 is 0. The van der Waals surface area contributed by atoms with Gasteiger partial charge < -0.3 is 4.74 Å². The summed E-state index contributed by atoms with van der Waals surface area (Å²) in [5.41, 5.74) is 0. The summed E-state index contributed by atoms with van der Waals surface area (Å²) in [6.45, 7) is 8.34. The Kier molecular flexibility index (Phi) is 5.88. The molecule has 1 aliphatic heterocycles. The predicted octanol–water partition coefficient (Wildman–Crippen LogP) is 1.71. The highest BCUT2D eigenvalue weighted by atomic mass is 16.5. The lowest BCUT2D eigenvalue weighted by atomic mass is 10.0. The van der Waals surface area contributed by atoms with Crippen LogP contribution in [-0.4, -0.2) is 43.5 Å². The average molecular weight is 213 g/mol. The Hall–Kier alpha value is -0.410. The Morgan fingerprint density at radius 2 is 2.27 bits per heavy atom. The van der Waals surface area contributed by atoms with Gasteiger partial charge in [-0.15, -0.1) is 0 Å². The Labute approximate surface area is 92.8 Å². The van der Waals surface area contributed by atoms with E-state index in [1.54, 1.807) is 0 Å². The van der Waals surface area contributed by atoms with Gasteiger partial charge in [-0.1, -0.05) is 20.3 Å². The molecule has 3 nitrogen and oxygen atoms in total. The number of hydrogen-bond acceptors (Lipinski definition) is 3. The van der Waals surface area contributed by atoms with Crippen molar-refractivity contribution in [1.29, 1.82) is 0 Å². The number of likely N-dealkylation sites (N-methyl/N-ethyl adjacent to an activating group) is 1. The molecule has 1 heterocycles. The molecule has 0 aromatic carbocycles. The molecule has 1 fully saturated rings. The summed E-state index contributed by atoms with van der Waals surface area (Å²) in [6.07, 6.45) is 3.30. The molecule has 0 N–H and O–H groups in total. The molecule has 0 aromatic heterocycles. The molecule has 15 heavy (non-hydrogen) atoms. The first-order valence-electron chi connectivity index (χ1n) is 6.10. The van der Waals surface area contributed by atoms with Crippen molar-refractivity contribution in [3.8, 4) is 0 Å². The molecular formula is C12H23NO2. The fourth-order valence-electron chi connectivity index (χ4n) is 1.87. The van der Waals surface area contributed by atoms with Crippen LogP contribution in [0.5, 0.6) is 0 Å². The minimum Gasteiger partial charge on any atom is -0.381 e. The highest BCUT2D eigenvalue weighted by Crippen LogP contribution is 2.14. The van der Waals surface area contributed by atoms with Gasteiger partial charge in [0.15, 0.2) is 5.78 Å². The van der Waals surface area contributed by atoms with Crippen LogP contribution >= 0.6 is 0 Å². The average Bonchev–Trinajstić information content (AvgIpc) is 2.77. The van der Waals surface area contributed by atoms with Gasteiger partial charge in [-0.2, -0.15) is 0 Å². The van der Waals surface area contributed by atoms with E-state index in [4.69, 9.17) is 4.74 Å². The fourth-order valence-corrected chi connectivity index (χ4v) is 1.87. The van der Waals surface area contributed by atoms with E-state index in [0.717, 1.165) is 26.1 Å². The molecule has 0 bridgehead atoms. The van der Waals surface area contributed by atoms with Crippen LogP contribution in [0.25, 0.3) is 0 Å². The normalized spacial score (nSPS) is 21.1. The minimum atomic E-state index is 0.167. The number of carbonyl (C=O) groups excluding carboxylic acids is 1. The van der Waals surface area contributed by atoms with Crippen LogP contribution in [0.15, 0.2) is 0 Å². The first-order valence-corrected chi connectivity index (χ1v) is 6.10. The summed E-state index contributed by atoms with van der Waals surface area (Å²) < 4.78 is 5.24. The summed E-state index contributed by atoms with van der Waals surface area (Å²) in [5.74, 6) is 0.533. The van der Waals surface area contributed by atoms with Gasteiger partial charge in [0.05, 0.1) is 13.2 Å². The first-order chi connectivity index (χ1) is 7.27. The van der Waals surface area contributed by atoms with Crippen molar-refractivity contribution in [2.45, 2.75) is 33.1 Å². The molecular weight excluding hydrogens is 190 g/mol.